The fraction of sp³-hybridized carbons (Fsp3) is 0.333. The van der Waals surface area contributed by atoms with Crippen LogP contribution in [0.3, 0.4) is 0 Å². The predicted molar refractivity (Wildman–Crippen MR) is 114 cm³/mol. The molecule has 0 aliphatic rings. The van der Waals surface area contributed by atoms with Gasteiger partial charge in [-0.15, -0.1) is 0 Å². The summed E-state index contributed by atoms with van der Waals surface area (Å²) in [6.45, 7) is 2.53. The maximum atomic E-state index is 12.7. The molecule has 0 saturated heterocycles. The molecule has 0 aliphatic carbocycles. The van der Waals surface area contributed by atoms with Gasteiger partial charge >= 0.3 is 0 Å². The fourth-order valence-electron chi connectivity index (χ4n) is 3.87. The largest absolute Gasteiger partial charge is 0.507 e. The van der Waals surface area contributed by atoms with Crippen molar-refractivity contribution < 1.29 is 20.1 Å². The Balaban J connectivity index is 2.05. The van der Waals surface area contributed by atoms with Crippen LogP contribution in [0.25, 0.3) is 32.6 Å². The Bertz CT molecular complexity index is 1320. The number of phenolic OH excluding ortho intramolecular Hbond substituents is 2. The van der Waals surface area contributed by atoms with Crippen LogP contribution < -0.4 is 16.1 Å². The number of aromatic nitrogens is 2. The van der Waals surface area contributed by atoms with E-state index in [2.05, 4.69) is 15.4 Å². The quantitative estimate of drug-likeness (QED) is 0.213. The standard InChI is InChI=1S/C21H24N4O5/c1-30-11-9-25-13-3-2-12(23-7-6-22-8-10-26)16-17(13)20(24-25)18-14(27)4-5-15(28)19(18)21(16)29/h2-5,22,24,26,28-29H,6-11H2,1H3. The Kier molecular flexibility index (Phi) is 5.58. The summed E-state index contributed by atoms with van der Waals surface area (Å²) >= 11 is 0. The smallest absolute Gasteiger partial charge is 0.189 e. The summed E-state index contributed by atoms with van der Waals surface area (Å²) in [6.07, 6.45) is 0. The highest BCUT2D eigenvalue weighted by Gasteiger charge is 2.21. The average Bonchev–Trinajstić information content (AvgIpc) is 3.11. The van der Waals surface area contributed by atoms with E-state index in [0.29, 0.717) is 54.4 Å². The first kappa shape index (κ1) is 20.1. The van der Waals surface area contributed by atoms with Gasteiger partial charge in [-0.05, 0) is 24.3 Å². The Morgan fingerprint density at radius 3 is 2.70 bits per heavy atom. The zero-order valence-corrected chi connectivity index (χ0v) is 16.6. The van der Waals surface area contributed by atoms with E-state index < -0.39 is 0 Å². The van der Waals surface area contributed by atoms with Gasteiger partial charge in [0.25, 0.3) is 0 Å². The van der Waals surface area contributed by atoms with Crippen LogP contribution in [-0.2, 0) is 11.3 Å². The monoisotopic (exact) mass is 412 g/mol. The highest BCUT2D eigenvalue weighted by molar-refractivity contribution is 6.23. The Hall–Kier alpha value is -3.14. The molecule has 0 amide bonds. The van der Waals surface area contributed by atoms with Crippen molar-refractivity contribution in [1.29, 1.82) is 0 Å². The minimum atomic E-state index is -0.294. The molecular weight excluding hydrogens is 388 g/mol. The third kappa shape index (κ3) is 3.26. The van der Waals surface area contributed by atoms with E-state index in [1.54, 1.807) is 7.11 Å². The molecule has 0 spiro atoms. The van der Waals surface area contributed by atoms with Gasteiger partial charge in [-0.3, -0.25) is 19.6 Å². The summed E-state index contributed by atoms with van der Waals surface area (Å²) in [4.78, 5) is 17.2. The molecule has 0 fully saturated rings. The normalized spacial score (nSPS) is 12.7. The van der Waals surface area contributed by atoms with Crippen molar-refractivity contribution in [1.82, 2.24) is 15.1 Å². The predicted octanol–water partition coefficient (Wildman–Crippen LogP) is 0.614. The molecule has 3 aromatic carbocycles. The van der Waals surface area contributed by atoms with E-state index in [1.165, 1.54) is 12.1 Å². The first-order valence-corrected chi connectivity index (χ1v) is 9.75. The number of fused-ring (bicyclic) bond motifs is 2. The summed E-state index contributed by atoms with van der Waals surface area (Å²) < 4.78 is 7.04. The number of rotatable bonds is 8. The van der Waals surface area contributed by atoms with Gasteiger partial charge in [-0.2, -0.15) is 0 Å². The Morgan fingerprint density at radius 1 is 1.10 bits per heavy atom. The molecule has 4 aromatic rings. The van der Waals surface area contributed by atoms with Gasteiger partial charge in [0.2, 0.25) is 0 Å². The Morgan fingerprint density at radius 2 is 1.93 bits per heavy atom. The fourth-order valence-corrected chi connectivity index (χ4v) is 3.87. The number of benzene rings is 3. The number of hydrogen-bond acceptors (Lipinski definition) is 7. The van der Waals surface area contributed by atoms with E-state index in [1.807, 2.05) is 16.8 Å². The number of nitrogens with one attached hydrogen (secondary N) is 2. The van der Waals surface area contributed by atoms with Gasteiger partial charge in [0, 0.05) is 25.6 Å². The van der Waals surface area contributed by atoms with Crippen molar-refractivity contribution in [2.24, 2.45) is 4.99 Å². The topological polar surface area (TPSA) is 132 Å². The SMILES string of the molecule is COCCn1[nH]c2c3c(=O)ccc(O)c3c(O)c3c(=NCCNCCO)ccc1c32. The number of hydrogen-bond donors (Lipinski definition) is 5. The minimum Gasteiger partial charge on any atom is -0.507 e. The highest BCUT2D eigenvalue weighted by Crippen LogP contribution is 2.41. The van der Waals surface area contributed by atoms with Crippen LogP contribution in [0.4, 0.5) is 0 Å². The van der Waals surface area contributed by atoms with E-state index >= 15 is 0 Å². The number of H-pyrrole nitrogens is 1. The second kappa shape index (κ2) is 8.31. The molecule has 0 saturated carbocycles. The molecule has 0 unspecified atom stereocenters. The molecule has 1 heterocycles. The van der Waals surface area contributed by atoms with Crippen LogP contribution in [0.15, 0.2) is 34.1 Å². The zero-order valence-electron chi connectivity index (χ0n) is 16.6. The maximum Gasteiger partial charge on any atom is 0.189 e. The zero-order chi connectivity index (χ0) is 21.3. The number of methoxy groups -OCH3 is 1. The molecule has 0 aliphatic heterocycles. The average molecular weight is 412 g/mol. The minimum absolute atomic E-state index is 0.0492. The summed E-state index contributed by atoms with van der Waals surface area (Å²) in [6, 6.07) is 6.28. The van der Waals surface area contributed by atoms with Crippen molar-refractivity contribution in [2.45, 2.75) is 6.54 Å². The van der Waals surface area contributed by atoms with E-state index in [0.717, 1.165) is 5.52 Å². The molecule has 0 atom stereocenters. The van der Waals surface area contributed by atoms with Gasteiger partial charge in [0.1, 0.15) is 11.5 Å². The van der Waals surface area contributed by atoms with Gasteiger partial charge in [0.15, 0.2) is 5.43 Å². The van der Waals surface area contributed by atoms with Crippen LogP contribution in [0.2, 0.25) is 0 Å². The van der Waals surface area contributed by atoms with Crippen molar-refractivity contribution in [3.8, 4) is 11.5 Å². The van der Waals surface area contributed by atoms with Crippen molar-refractivity contribution >= 4 is 32.6 Å². The lowest BCUT2D eigenvalue weighted by Gasteiger charge is -2.09. The molecule has 0 bridgehead atoms. The summed E-state index contributed by atoms with van der Waals surface area (Å²) in [5, 5.41) is 38.8. The van der Waals surface area contributed by atoms with Crippen LogP contribution >= 0.6 is 0 Å². The van der Waals surface area contributed by atoms with E-state index in [9.17, 15) is 15.0 Å². The number of aliphatic hydroxyl groups is 1. The number of phenols is 2. The van der Waals surface area contributed by atoms with Crippen LogP contribution in [0.1, 0.15) is 0 Å². The summed E-state index contributed by atoms with van der Waals surface area (Å²) in [7, 11) is 1.61. The van der Waals surface area contributed by atoms with Gasteiger partial charge in [-0.1, -0.05) is 0 Å². The highest BCUT2D eigenvalue weighted by atomic mass is 16.5. The molecule has 5 N–H and O–H groups in total. The third-order valence-electron chi connectivity index (χ3n) is 5.20. The van der Waals surface area contributed by atoms with Gasteiger partial charge in [0.05, 0.1) is 58.9 Å². The third-order valence-corrected chi connectivity index (χ3v) is 5.20. The molecule has 1 aromatic heterocycles. The number of aliphatic hydroxyl groups excluding tert-OH is 1. The number of ether oxygens (including phenoxy) is 1. The van der Waals surface area contributed by atoms with E-state index in [-0.39, 0.29) is 34.3 Å². The number of aromatic hydroxyl groups is 2. The molecule has 158 valence electrons. The first-order valence-electron chi connectivity index (χ1n) is 9.75. The molecule has 0 radical (unpaired) electrons. The number of nitrogens with zero attached hydrogens (tertiary/aromatic N) is 2. The van der Waals surface area contributed by atoms with Crippen molar-refractivity contribution in [2.75, 3.05) is 40.0 Å². The summed E-state index contributed by atoms with van der Waals surface area (Å²) in [5.74, 6) is -0.336. The van der Waals surface area contributed by atoms with E-state index in [4.69, 9.17) is 9.84 Å². The van der Waals surface area contributed by atoms with Crippen LogP contribution in [-0.4, -0.2) is 65.1 Å². The van der Waals surface area contributed by atoms with Gasteiger partial charge < -0.3 is 25.4 Å². The molecule has 9 nitrogen and oxygen atoms in total. The second-order valence-electron chi connectivity index (χ2n) is 7.02. The molecule has 9 heteroatoms. The maximum absolute atomic E-state index is 12.7. The first-order chi connectivity index (χ1) is 14.6. The van der Waals surface area contributed by atoms with Crippen molar-refractivity contribution in [3.63, 3.8) is 0 Å². The van der Waals surface area contributed by atoms with Crippen molar-refractivity contribution in [3.05, 3.63) is 39.8 Å². The molecule has 30 heavy (non-hydrogen) atoms. The lowest BCUT2D eigenvalue weighted by atomic mass is 9.99. The van der Waals surface area contributed by atoms with Crippen LogP contribution in [0.5, 0.6) is 11.5 Å². The Labute approximate surface area is 171 Å². The lowest BCUT2D eigenvalue weighted by Crippen LogP contribution is -2.22. The molecular formula is C21H24N4O5. The summed E-state index contributed by atoms with van der Waals surface area (Å²) in [5.41, 5.74) is 1.05. The van der Waals surface area contributed by atoms with Crippen LogP contribution in [0, 0.1) is 0 Å². The second-order valence-corrected chi connectivity index (χ2v) is 7.02. The molecule has 4 rings (SSSR count). The van der Waals surface area contributed by atoms with Gasteiger partial charge in [-0.25, -0.2) is 0 Å². The number of aromatic amines is 1. The lowest BCUT2D eigenvalue weighted by molar-refractivity contribution is 0.185.